The first kappa shape index (κ1) is 24.3. The van der Waals surface area contributed by atoms with E-state index < -0.39 is 29.3 Å². The van der Waals surface area contributed by atoms with Crippen molar-refractivity contribution in [2.24, 2.45) is 0 Å². The van der Waals surface area contributed by atoms with Crippen LogP contribution >= 0.6 is 23.2 Å². The number of aromatic hydroxyl groups is 1. The van der Waals surface area contributed by atoms with Gasteiger partial charge in [0.25, 0.3) is 11.5 Å². The number of benzene rings is 2. The molecule has 4 aromatic rings. The number of amides is 1. The number of alkyl halides is 3. The fraction of sp³-hybridized carbons (Fsp3) is 0.0909. The van der Waals surface area contributed by atoms with Crippen molar-refractivity contribution in [3.8, 4) is 11.5 Å². The van der Waals surface area contributed by atoms with E-state index in [-0.39, 0.29) is 44.4 Å². The molecule has 1 amide bonds. The molecule has 13 heteroatoms. The van der Waals surface area contributed by atoms with Crippen molar-refractivity contribution in [1.82, 2.24) is 14.5 Å². The number of pyridine rings is 1. The maximum Gasteiger partial charge on any atom is 0.573 e. The summed E-state index contributed by atoms with van der Waals surface area (Å²) in [5, 5.41) is 11.8. The van der Waals surface area contributed by atoms with Crippen molar-refractivity contribution in [1.29, 1.82) is 0 Å². The predicted octanol–water partition coefficient (Wildman–Crippen LogP) is 5.00. The van der Waals surface area contributed by atoms with Crippen molar-refractivity contribution >= 4 is 45.8 Å². The van der Waals surface area contributed by atoms with Crippen LogP contribution < -0.4 is 15.6 Å². The van der Waals surface area contributed by atoms with Crippen LogP contribution in [0, 0.1) is 0 Å². The molecule has 0 saturated carbocycles. The molecule has 2 aromatic heterocycles. The standard InChI is InChI=1S/C22H13Cl2F3N4O4/c23-13-7-12(8-14(24)18(13)32)20(33)30-19-17-15(5-6-28-19)29-10-31(21(17)34)9-11-3-1-2-4-16(11)35-22(25,26)27/h1-8,10,32H,9H2,(H,28,30,33). The van der Waals surface area contributed by atoms with Crippen LogP contribution in [0.15, 0.2) is 59.8 Å². The van der Waals surface area contributed by atoms with Crippen LogP contribution in [-0.2, 0) is 6.54 Å². The van der Waals surface area contributed by atoms with Crippen LogP contribution in [0.3, 0.4) is 0 Å². The fourth-order valence-electron chi connectivity index (χ4n) is 3.22. The SMILES string of the molecule is O=C(Nc1nccc2ncn(Cc3ccccc3OC(F)(F)F)c(=O)c12)c1cc(Cl)c(O)c(Cl)c1. The Kier molecular flexibility index (Phi) is 6.55. The van der Waals surface area contributed by atoms with E-state index in [4.69, 9.17) is 23.2 Å². The van der Waals surface area contributed by atoms with E-state index in [9.17, 15) is 27.9 Å². The van der Waals surface area contributed by atoms with Crippen molar-refractivity contribution in [3.05, 3.63) is 86.5 Å². The van der Waals surface area contributed by atoms with E-state index in [0.717, 1.165) is 10.6 Å². The summed E-state index contributed by atoms with van der Waals surface area (Å²) in [6, 6.07) is 9.16. The van der Waals surface area contributed by atoms with Gasteiger partial charge < -0.3 is 15.2 Å². The average Bonchev–Trinajstić information content (AvgIpc) is 2.79. The van der Waals surface area contributed by atoms with E-state index >= 15 is 0 Å². The van der Waals surface area contributed by atoms with Crippen LogP contribution in [0.5, 0.6) is 11.5 Å². The van der Waals surface area contributed by atoms with Crippen LogP contribution in [0.4, 0.5) is 19.0 Å². The van der Waals surface area contributed by atoms with Crippen LogP contribution in [0.2, 0.25) is 10.0 Å². The second kappa shape index (κ2) is 9.43. The monoisotopic (exact) mass is 524 g/mol. The van der Waals surface area contributed by atoms with E-state index in [0.29, 0.717) is 0 Å². The molecule has 0 aliphatic heterocycles. The van der Waals surface area contributed by atoms with Crippen molar-refractivity contribution in [2.75, 3.05) is 5.32 Å². The number of hydrogen-bond donors (Lipinski definition) is 2. The largest absolute Gasteiger partial charge is 0.573 e. The van der Waals surface area contributed by atoms with Gasteiger partial charge in [0.05, 0.1) is 28.4 Å². The van der Waals surface area contributed by atoms with Gasteiger partial charge in [0.15, 0.2) is 5.75 Å². The Morgan fingerprint density at radius 2 is 1.80 bits per heavy atom. The zero-order chi connectivity index (χ0) is 25.3. The van der Waals surface area contributed by atoms with Crippen molar-refractivity contribution in [3.63, 3.8) is 0 Å². The summed E-state index contributed by atoms with van der Waals surface area (Å²) >= 11 is 11.7. The van der Waals surface area contributed by atoms with Gasteiger partial charge >= 0.3 is 6.36 Å². The highest BCUT2D eigenvalue weighted by Gasteiger charge is 2.32. The molecule has 0 aliphatic rings. The number of carbonyl (C=O) groups is 1. The molecule has 0 radical (unpaired) electrons. The number of aromatic nitrogens is 3. The van der Waals surface area contributed by atoms with Crippen LogP contribution in [-0.4, -0.2) is 31.9 Å². The Morgan fingerprint density at radius 1 is 1.11 bits per heavy atom. The quantitative estimate of drug-likeness (QED) is 0.380. The maximum atomic E-state index is 13.2. The molecule has 0 unspecified atom stereocenters. The molecule has 8 nitrogen and oxygen atoms in total. The lowest BCUT2D eigenvalue weighted by atomic mass is 10.2. The minimum Gasteiger partial charge on any atom is -0.505 e. The molecular formula is C22H13Cl2F3N4O4. The van der Waals surface area contributed by atoms with Gasteiger partial charge in [-0.15, -0.1) is 13.2 Å². The van der Waals surface area contributed by atoms with Crippen molar-refractivity contribution in [2.45, 2.75) is 12.9 Å². The number of anilines is 1. The fourth-order valence-corrected chi connectivity index (χ4v) is 3.71. The molecule has 35 heavy (non-hydrogen) atoms. The molecule has 0 aliphatic carbocycles. The minimum atomic E-state index is -4.91. The van der Waals surface area contributed by atoms with Gasteiger partial charge in [-0.25, -0.2) is 9.97 Å². The first-order chi connectivity index (χ1) is 16.5. The average molecular weight is 525 g/mol. The summed E-state index contributed by atoms with van der Waals surface area (Å²) < 4.78 is 43.4. The maximum absolute atomic E-state index is 13.2. The molecule has 0 bridgehead atoms. The molecule has 180 valence electrons. The number of ether oxygens (including phenoxy) is 1. The normalized spacial score (nSPS) is 11.5. The first-order valence-electron chi connectivity index (χ1n) is 9.70. The Balaban J connectivity index is 1.71. The highest BCUT2D eigenvalue weighted by molar-refractivity contribution is 6.37. The third-order valence-electron chi connectivity index (χ3n) is 4.79. The zero-order valence-corrected chi connectivity index (χ0v) is 18.8. The third kappa shape index (κ3) is 5.31. The lowest BCUT2D eigenvalue weighted by Gasteiger charge is -2.14. The summed E-state index contributed by atoms with van der Waals surface area (Å²) in [7, 11) is 0. The van der Waals surface area contributed by atoms with E-state index in [1.54, 1.807) is 0 Å². The summed E-state index contributed by atoms with van der Waals surface area (Å²) in [5.74, 6) is -1.73. The molecule has 0 saturated heterocycles. The summed E-state index contributed by atoms with van der Waals surface area (Å²) in [5.41, 5.74) is -0.407. The minimum absolute atomic E-state index is 0.0148. The Bertz CT molecular complexity index is 1490. The zero-order valence-electron chi connectivity index (χ0n) is 17.3. The second-order valence-electron chi connectivity index (χ2n) is 7.13. The number of halogens is 5. The first-order valence-corrected chi connectivity index (χ1v) is 10.5. The number of phenolic OH excluding ortho intramolecular Hbond substituents is 1. The number of hydrogen-bond acceptors (Lipinski definition) is 6. The molecule has 0 fully saturated rings. The number of phenols is 1. The highest BCUT2D eigenvalue weighted by atomic mass is 35.5. The molecule has 2 aromatic carbocycles. The molecule has 4 rings (SSSR count). The van der Waals surface area contributed by atoms with Crippen molar-refractivity contribution < 1.29 is 27.8 Å². The topological polar surface area (TPSA) is 106 Å². The van der Waals surface area contributed by atoms with Gasteiger partial charge in [0.1, 0.15) is 17.0 Å². The number of nitrogens with zero attached hydrogens (tertiary/aromatic N) is 3. The van der Waals surface area contributed by atoms with E-state index in [2.05, 4.69) is 20.0 Å². The highest BCUT2D eigenvalue weighted by Crippen LogP contribution is 2.33. The molecule has 0 spiro atoms. The lowest BCUT2D eigenvalue weighted by molar-refractivity contribution is -0.274. The summed E-state index contributed by atoms with van der Waals surface area (Å²) in [4.78, 5) is 34.1. The number of fused-ring (bicyclic) bond motifs is 1. The number of rotatable bonds is 5. The Labute approximate surface area is 204 Å². The van der Waals surface area contributed by atoms with Gasteiger partial charge in [-0.1, -0.05) is 41.4 Å². The summed E-state index contributed by atoms with van der Waals surface area (Å²) in [6.07, 6.45) is -2.43. The van der Waals surface area contributed by atoms with E-state index in [1.807, 2.05) is 0 Å². The van der Waals surface area contributed by atoms with Gasteiger partial charge in [-0.3, -0.25) is 14.2 Å². The Morgan fingerprint density at radius 3 is 2.49 bits per heavy atom. The predicted molar refractivity (Wildman–Crippen MR) is 122 cm³/mol. The van der Waals surface area contributed by atoms with Gasteiger partial charge in [-0.2, -0.15) is 0 Å². The molecular weight excluding hydrogens is 512 g/mol. The van der Waals surface area contributed by atoms with Gasteiger partial charge in [0.2, 0.25) is 0 Å². The van der Waals surface area contributed by atoms with Crippen LogP contribution in [0.1, 0.15) is 15.9 Å². The number of para-hydroxylation sites is 1. The second-order valence-corrected chi connectivity index (χ2v) is 7.94. The van der Waals surface area contributed by atoms with Gasteiger partial charge in [0, 0.05) is 17.3 Å². The third-order valence-corrected chi connectivity index (χ3v) is 5.37. The smallest absolute Gasteiger partial charge is 0.505 e. The summed E-state index contributed by atoms with van der Waals surface area (Å²) in [6.45, 7) is -0.292. The van der Waals surface area contributed by atoms with E-state index in [1.165, 1.54) is 48.9 Å². The molecule has 0 atom stereocenters. The number of carbonyl (C=O) groups excluding carboxylic acids is 1. The van der Waals surface area contributed by atoms with Gasteiger partial charge in [-0.05, 0) is 24.3 Å². The Hall–Kier alpha value is -3.83. The number of nitrogens with one attached hydrogen (secondary N) is 1. The molecule has 2 N–H and O–H groups in total. The molecule has 2 heterocycles. The van der Waals surface area contributed by atoms with Crippen LogP contribution in [0.25, 0.3) is 10.9 Å². The lowest BCUT2D eigenvalue weighted by Crippen LogP contribution is -2.24.